The summed E-state index contributed by atoms with van der Waals surface area (Å²) in [5.41, 5.74) is 1.43. The second-order valence-corrected chi connectivity index (χ2v) is 9.90. The second kappa shape index (κ2) is 6.24. The van der Waals surface area contributed by atoms with Crippen molar-refractivity contribution in [3.05, 3.63) is 96.6 Å². The molecule has 3 aromatic rings. The normalized spacial score (nSPS) is 12.0. The molecule has 0 N–H and O–H groups in total. The van der Waals surface area contributed by atoms with E-state index in [4.69, 9.17) is 0 Å². The topological polar surface area (TPSA) is 0 Å². The maximum absolute atomic E-state index is 2.48. The fourth-order valence-corrected chi connectivity index (χ4v) is 6.64. The van der Waals surface area contributed by atoms with Crippen LogP contribution in [0.5, 0.6) is 0 Å². The first-order chi connectivity index (χ1) is 10.3. The maximum atomic E-state index is 2.48. The average Bonchev–Trinajstić information content (AvgIpc) is 2.57. The molecule has 0 aliphatic rings. The van der Waals surface area contributed by atoms with E-state index in [9.17, 15) is 0 Å². The third-order valence-corrected chi connectivity index (χ3v) is 8.55. The van der Waals surface area contributed by atoms with Crippen molar-refractivity contribution in [3.63, 3.8) is 0 Å². The summed E-state index contributed by atoms with van der Waals surface area (Å²) in [5, 5.41) is 3.00. The number of hydrogen-bond donors (Lipinski definition) is 0. The Morgan fingerprint density at radius 3 is 1.38 bits per heavy atom. The molecule has 0 bridgehead atoms. The van der Waals surface area contributed by atoms with Gasteiger partial charge < -0.3 is 0 Å². The molecule has 21 heavy (non-hydrogen) atoms. The van der Waals surface area contributed by atoms with Gasteiger partial charge in [-0.05, 0) is 0 Å². The summed E-state index contributed by atoms with van der Waals surface area (Å²) in [6.45, 7) is 2.48. The zero-order valence-electron chi connectivity index (χ0n) is 12.4. The first kappa shape index (κ1) is 14.0. The molecule has 0 aliphatic carbocycles. The molecule has 0 saturated carbocycles. The summed E-state index contributed by atoms with van der Waals surface area (Å²) in [6.07, 6.45) is 1.14. The summed E-state index contributed by atoms with van der Waals surface area (Å²) in [4.78, 5) is 0. The third-order valence-electron chi connectivity index (χ3n) is 4.22. The molecular formula is C20H21P. The van der Waals surface area contributed by atoms with E-state index in [2.05, 4.69) is 97.7 Å². The minimum atomic E-state index is -1.74. The van der Waals surface area contributed by atoms with E-state index >= 15 is 0 Å². The van der Waals surface area contributed by atoms with Crippen molar-refractivity contribution in [3.8, 4) is 0 Å². The molecule has 0 aromatic heterocycles. The van der Waals surface area contributed by atoms with Crippen molar-refractivity contribution < 1.29 is 0 Å². The Balaban J connectivity index is 2.07. The van der Waals surface area contributed by atoms with Gasteiger partial charge in [-0.15, -0.1) is 0 Å². The number of benzene rings is 3. The summed E-state index contributed by atoms with van der Waals surface area (Å²) < 4.78 is 0. The van der Waals surface area contributed by atoms with Gasteiger partial charge in [-0.1, -0.05) is 0 Å². The van der Waals surface area contributed by atoms with Crippen molar-refractivity contribution in [2.24, 2.45) is 0 Å². The SMILES string of the molecule is C[PH](Cc1ccccc1)(c1ccccc1)c1ccccc1. The van der Waals surface area contributed by atoms with Crippen LogP contribution in [0, 0.1) is 0 Å². The molecule has 1 heteroatoms. The predicted molar refractivity (Wildman–Crippen MR) is 96.5 cm³/mol. The molecule has 0 nitrogen and oxygen atoms in total. The minimum absolute atomic E-state index is 1.14. The van der Waals surface area contributed by atoms with Crippen LogP contribution in [0.2, 0.25) is 0 Å². The van der Waals surface area contributed by atoms with Crippen LogP contribution >= 0.6 is 7.26 Å². The molecule has 0 unspecified atom stereocenters. The Kier molecular flexibility index (Phi) is 4.18. The number of hydrogen-bond acceptors (Lipinski definition) is 0. The quantitative estimate of drug-likeness (QED) is 0.632. The van der Waals surface area contributed by atoms with Crippen LogP contribution < -0.4 is 10.6 Å². The van der Waals surface area contributed by atoms with Gasteiger partial charge in [-0.25, -0.2) is 0 Å². The molecular weight excluding hydrogens is 271 g/mol. The molecule has 0 saturated heterocycles. The molecule has 3 rings (SSSR count). The Morgan fingerprint density at radius 2 is 0.952 bits per heavy atom. The van der Waals surface area contributed by atoms with Gasteiger partial charge in [0.1, 0.15) is 0 Å². The first-order valence-electron chi connectivity index (χ1n) is 7.44. The van der Waals surface area contributed by atoms with Crippen molar-refractivity contribution in [1.82, 2.24) is 0 Å². The third kappa shape index (κ3) is 3.06. The van der Waals surface area contributed by atoms with E-state index in [-0.39, 0.29) is 0 Å². The van der Waals surface area contributed by atoms with E-state index in [1.54, 1.807) is 0 Å². The zero-order valence-corrected chi connectivity index (χ0v) is 13.4. The Bertz CT molecular complexity index is 635. The van der Waals surface area contributed by atoms with Crippen molar-refractivity contribution in [1.29, 1.82) is 0 Å². The fraction of sp³-hybridized carbons (Fsp3) is 0.100. The molecule has 3 aromatic carbocycles. The number of rotatable bonds is 4. The molecule has 0 atom stereocenters. The van der Waals surface area contributed by atoms with Gasteiger partial charge in [0, 0.05) is 0 Å². The van der Waals surface area contributed by atoms with Crippen LogP contribution in [0.4, 0.5) is 0 Å². The predicted octanol–water partition coefficient (Wildman–Crippen LogP) is 4.22. The van der Waals surface area contributed by atoms with Gasteiger partial charge >= 0.3 is 127 Å². The summed E-state index contributed by atoms with van der Waals surface area (Å²) in [5.74, 6) is 0. The van der Waals surface area contributed by atoms with Gasteiger partial charge in [0.15, 0.2) is 0 Å². The molecule has 0 fully saturated rings. The monoisotopic (exact) mass is 292 g/mol. The second-order valence-electron chi connectivity index (χ2n) is 5.73. The molecule has 0 spiro atoms. The molecule has 0 heterocycles. The van der Waals surface area contributed by atoms with E-state index in [0.29, 0.717) is 0 Å². The zero-order chi connectivity index (χ0) is 14.5. The van der Waals surface area contributed by atoms with Gasteiger partial charge in [0.05, 0.1) is 0 Å². The van der Waals surface area contributed by atoms with Gasteiger partial charge in [-0.3, -0.25) is 0 Å². The van der Waals surface area contributed by atoms with Crippen LogP contribution in [0.25, 0.3) is 0 Å². The molecule has 0 amide bonds. The molecule has 0 aliphatic heterocycles. The average molecular weight is 292 g/mol. The van der Waals surface area contributed by atoms with Crippen LogP contribution in [-0.2, 0) is 6.16 Å². The summed E-state index contributed by atoms with van der Waals surface area (Å²) >= 11 is 0. The Morgan fingerprint density at radius 1 is 0.571 bits per heavy atom. The van der Waals surface area contributed by atoms with Crippen LogP contribution in [0.3, 0.4) is 0 Å². The molecule has 0 radical (unpaired) electrons. The van der Waals surface area contributed by atoms with E-state index in [1.807, 2.05) is 0 Å². The standard InChI is InChI=1S/C20H21P/c1-21(19-13-7-3-8-14-19,20-15-9-4-10-16-20)17-18-11-5-2-6-12-18/h2-16,21H,17H2,1H3. The van der Waals surface area contributed by atoms with E-state index in [0.717, 1.165) is 6.16 Å². The Labute approximate surface area is 127 Å². The van der Waals surface area contributed by atoms with Crippen LogP contribution in [0.1, 0.15) is 5.56 Å². The van der Waals surface area contributed by atoms with Crippen LogP contribution in [-0.4, -0.2) is 6.66 Å². The van der Waals surface area contributed by atoms with E-state index < -0.39 is 7.26 Å². The van der Waals surface area contributed by atoms with Gasteiger partial charge in [0.2, 0.25) is 0 Å². The summed E-state index contributed by atoms with van der Waals surface area (Å²) in [6, 6.07) is 32.9. The van der Waals surface area contributed by atoms with Crippen molar-refractivity contribution in [2.45, 2.75) is 6.16 Å². The molecule has 106 valence electrons. The Hall–Kier alpha value is -1.91. The fourth-order valence-electron chi connectivity index (χ4n) is 2.99. The van der Waals surface area contributed by atoms with E-state index in [1.165, 1.54) is 16.2 Å². The van der Waals surface area contributed by atoms with Crippen molar-refractivity contribution in [2.75, 3.05) is 6.66 Å². The summed E-state index contributed by atoms with van der Waals surface area (Å²) in [7, 11) is -1.74. The van der Waals surface area contributed by atoms with Gasteiger partial charge in [0.25, 0.3) is 0 Å². The first-order valence-corrected chi connectivity index (χ1v) is 10.1. The van der Waals surface area contributed by atoms with Crippen molar-refractivity contribution >= 4 is 17.9 Å². The van der Waals surface area contributed by atoms with Gasteiger partial charge in [-0.2, -0.15) is 0 Å². The van der Waals surface area contributed by atoms with Crippen LogP contribution in [0.15, 0.2) is 91.0 Å².